The Hall–Kier alpha value is -2.46. The first kappa shape index (κ1) is 22.7. The standard InChI is InChI=1S/C21H20Cl2N4O4S/c22-16-7-4-8-17(23)20(16)32(29,30)27-13-11-26(12-14-27)19(28)10-9-18-24-25-21(31-18)15-5-2-1-3-6-15/h1-8H,9-14H2. The Balaban J connectivity index is 1.33. The smallest absolute Gasteiger partial charge is 0.247 e. The topological polar surface area (TPSA) is 96.6 Å². The predicted octanol–water partition coefficient (Wildman–Crippen LogP) is 3.51. The largest absolute Gasteiger partial charge is 0.421 e. The van der Waals surface area contributed by atoms with E-state index in [9.17, 15) is 13.2 Å². The summed E-state index contributed by atoms with van der Waals surface area (Å²) in [5.41, 5.74) is 0.813. The summed E-state index contributed by atoms with van der Waals surface area (Å²) >= 11 is 12.2. The number of aromatic nitrogens is 2. The third-order valence-corrected chi connectivity index (χ3v) is 8.00. The zero-order valence-corrected chi connectivity index (χ0v) is 19.3. The molecule has 0 unspecified atom stereocenters. The lowest BCUT2D eigenvalue weighted by molar-refractivity contribution is -0.132. The second-order valence-corrected chi connectivity index (χ2v) is 9.89. The molecule has 1 aromatic heterocycles. The van der Waals surface area contributed by atoms with Gasteiger partial charge in [0.05, 0.1) is 10.0 Å². The minimum Gasteiger partial charge on any atom is -0.421 e. The number of nitrogens with zero attached hydrogens (tertiary/aromatic N) is 4. The average molecular weight is 495 g/mol. The molecule has 168 valence electrons. The van der Waals surface area contributed by atoms with Crippen LogP contribution in [0, 0.1) is 0 Å². The number of aryl methyl sites for hydroxylation is 1. The number of hydrogen-bond donors (Lipinski definition) is 0. The summed E-state index contributed by atoms with van der Waals surface area (Å²) in [6.45, 7) is 0.876. The molecule has 1 amide bonds. The zero-order valence-electron chi connectivity index (χ0n) is 16.9. The van der Waals surface area contributed by atoms with Crippen LogP contribution in [0.1, 0.15) is 12.3 Å². The van der Waals surface area contributed by atoms with Gasteiger partial charge in [0.25, 0.3) is 0 Å². The first-order valence-electron chi connectivity index (χ1n) is 9.96. The number of amides is 1. The molecular weight excluding hydrogens is 475 g/mol. The van der Waals surface area contributed by atoms with Crippen molar-refractivity contribution in [2.24, 2.45) is 0 Å². The van der Waals surface area contributed by atoms with E-state index in [2.05, 4.69) is 10.2 Å². The molecule has 2 heterocycles. The van der Waals surface area contributed by atoms with Gasteiger partial charge in [-0.05, 0) is 24.3 Å². The number of sulfonamides is 1. The summed E-state index contributed by atoms with van der Waals surface area (Å²) in [6, 6.07) is 13.9. The van der Waals surface area contributed by atoms with Crippen LogP contribution in [-0.2, 0) is 21.2 Å². The van der Waals surface area contributed by atoms with Gasteiger partial charge < -0.3 is 9.32 Å². The van der Waals surface area contributed by atoms with Crippen LogP contribution in [0.4, 0.5) is 0 Å². The Morgan fingerprint density at radius 1 is 0.938 bits per heavy atom. The van der Waals surface area contributed by atoms with Gasteiger partial charge in [-0.2, -0.15) is 4.31 Å². The molecule has 1 aliphatic heterocycles. The van der Waals surface area contributed by atoms with Crippen molar-refractivity contribution in [3.05, 3.63) is 64.5 Å². The molecule has 32 heavy (non-hydrogen) atoms. The summed E-state index contributed by atoms with van der Waals surface area (Å²) < 4.78 is 32.9. The molecule has 8 nitrogen and oxygen atoms in total. The van der Waals surface area contributed by atoms with Crippen molar-refractivity contribution >= 4 is 39.1 Å². The van der Waals surface area contributed by atoms with E-state index in [1.165, 1.54) is 16.4 Å². The Labute approximate surface area is 195 Å². The van der Waals surface area contributed by atoms with Gasteiger partial charge in [0.15, 0.2) is 0 Å². The number of rotatable bonds is 6. The highest BCUT2D eigenvalue weighted by molar-refractivity contribution is 7.89. The van der Waals surface area contributed by atoms with Crippen LogP contribution in [0.2, 0.25) is 10.0 Å². The zero-order chi connectivity index (χ0) is 22.7. The van der Waals surface area contributed by atoms with Crippen LogP contribution >= 0.6 is 23.2 Å². The Morgan fingerprint density at radius 2 is 1.59 bits per heavy atom. The highest BCUT2D eigenvalue weighted by atomic mass is 35.5. The van der Waals surface area contributed by atoms with Crippen LogP contribution in [0.15, 0.2) is 57.8 Å². The van der Waals surface area contributed by atoms with E-state index in [1.807, 2.05) is 30.3 Å². The number of carbonyl (C=O) groups is 1. The normalized spacial score (nSPS) is 15.1. The predicted molar refractivity (Wildman–Crippen MR) is 120 cm³/mol. The van der Waals surface area contributed by atoms with Crippen molar-refractivity contribution in [2.45, 2.75) is 17.7 Å². The van der Waals surface area contributed by atoms with E-state index in [4.69, 9.17) is 27.6 Å². The third kappa shape index (κ3) is 4.80. The lowest BCUT2D eigenvalue weighted by atomic mass is 10.2. The second-order valence-electron chi connectivity index (χ2n) is 7.20. The minimum atomic E-state index is -3.85. The van der Waals surface area contributed by atoms with Crippen molar-refractivity contribution in [1.29, 1.82) is 0 Å². The molecule has 0 atom stereocenters. The molecule has 11 heteroatoms. The second kappa shape index (κ2) is 9.58. The Bertz CT molecular complexity index is 1190. The van der Waals surface area contributed by atoms with Crippen molar-refractivity contribution in [3.8, 4) is 11.5 Å². The Kier molecular flexibility index (Phi) is 6.80. The van der Waals surface area contributed by atoms with Gasteiger partial charge in [0.1, 0.15) is 4.90 Å². The van der Waals surface area contributed by atoms with E-state index in [0.29, 0.717) is 18.2 Å². The molecule has 2 aromatic carbocycles. The molecule has 0 spiro atoms. The fourth-order valence-corrected chi connectivity index (χ4v) is 5.97. The number of piperazine rings is 1. The summed E-state index contributed by atoms with van der Waals surface area (Å²) in [6.07, 6.45) is 0.506. The molecule has 4 rings (SSSR count). The van der Waals surface area contributed by atoms with E-state index in [0.717, 1.165) is 5.56 Å². The molecule has 0 radical (unpaired) electrons. The minimum absolute atomic E-state index is 0.0745. The highest BCUT2D eigenvalue weighted by Gasteiger charge is 2.33. The summed E-state index contributed by atoms with van der Waals surface area (Å²) in [4.78, 5) is 14.1. The molecular formula is C21H20Cl2N4O4S. The van der Waals surface area contributed by atoms with Crippen LogP contribution in [0.25, 0.3) is 11.5 Å². The number of halogens is 2. The van der Waals surface area contributed by atoms with E-state index < -0.39 is 10.0 Å². The molecule has 0 bridgehead atoms. The summed E-state index contributed by atoms with van der Waals surface area (Å²) in [5, 5.41) is 8.17. The number of carbonyl (C=O) groups excluding carboxylic acids is 1. The van der Waals surface area contributed by atoms with Crippen LogP contribution < -0.4 is 0 Å². The molecule has 1 aliphatic rings. The van der Waals surface area contributed by atoms with E-state index in [-0.39, 0.29) is 53.4 Å². The molecule has 3 aromatic rings. The molecule has 1 saturated heterocycles. The number of hydrogen-bond acceptors (Lipinski definition) is 6. The van der Waals surface area contributed by atoms with Crippen molar-refractivity contribution in [2.75, 3.05) is 26.2 Å². The fraction of sp³-hybridized carbons (Fsp3) is 0.286. The molecule has 1 fully saturated rings. The third-order valence-electron chi connectivity index (χ3n) is 5.15. The first-order chi connectivity index (χ1) is 15.4. The van der Waals surface area contributed by atoms with Crippen LogP contribution in [-0.4, -0.2) is 59.9 Å². The van der Waals surface area contributed by atoms with Gasteiger partial charge in [-0.15, -0.1) is 10.2 Å². The monoisotopic (exact) mass is 494 g/mol. The van der Waals surface area contributed by atoms with Gasteiger partial charge in [-0.25, -0.2) is 8.42 Å². The van der Waals surface area contributed by atoms with Crippen molar-refractivity contribution in [3.63, 3.8) is 0 Å². The van der Waals surface area contributed by atoms with Gasteiger partial charge in [0, 0.05) is 44.6 Å². The molecule has 0 aliphatic carbocycles. The molecule has 0 N–H and O–H groups in total. The lowest BCUT2D eigenvalue weighted by Gasteiger charge is -2.34. The average Bonchev–Trinajstić information content (AvgIpc) is 3.27. The highest BCUT2D eigenvalue weighted by Crippen LogP contribution is 2.32. The summed E-state index contributed by atoms with van der Waals surface area (Å²) in [5.74, 6) is 0.689. The van der Waals surface area contributed by atoms with Gasteiger partial charge in [0.2, 0.25) is 27.7 Å². The maximum atomic E-state index is 13.0. The maximum absolute atomic E-state index is 13.0. The fourth-order valence-electron chi connectivity index (χ4n) is 3.46. The first-order valence-corrected chi connectivity index (χ1v) is 12.2. The van der Waals surface area contributed by atoms with Gasteiger partial charge in [-0.3, -0.25) is 4.79 Å². The summed E-state index contributed by atoms with van der Waals surface area (Å²) in [7, 11) is -3.85. The van der Waals surface area contributed by atoms with Crippen molar-refractivity contribution < 1.29 is 17.6 Å². The van der Waals surface area contributed by atoms with E-state index >= 15 is 0 Å². The quantitative estimate of drug-likeness (QED) is 0.520. The van der Waals surface area contributed by atoms with Crippen LogP contribution in [0.3, 0.4) is 0 Å². The number of benzene rings is 2. The van der Waals surface area contributed by atoms with Gasteiger partial charge in [-0.1, -0.05) is 47.5 Å². The van der Waals surface area contributed by atoms with Gasteiger partial charge >= 0.3 is 0 Å². The lowest BCUT2D eigenvalue weighted by Crippen LogP contribution is -2.50. The van der Waals surface area contributed by atoms with Crippen LogP contribution in [0.5, 0.6) is 0 Å². The van der Waals surface area contributed by atoms with E-state index in [1.54, 1.807) is 11.0 Å². The maximum Gasteiger partial charge on any atom is 0.247 e. The van der Waals surface area contributed by atoms with Crippen molar-refractivity contribution in [1.82, 2.24) is 19.4 Å². The Morgan fingerprint density at radius 3 is 2.25 bits per heavy atom. The molecule has 0 saturated carbocycles. The SMILES string of the molecule is O=C(CCc1nnc(-c2ccccc2)o1)N1CCN(S(=O)(=O)c2c(Cl)cccc2Cl)CC1.